The van der Waals surface area contributed by atoms with Gasteiger partial charge in [0.25, 0.3) is 0 Å². The van der Waals surface area contributed by atoms with E-state index in [0.29, 0.717) is 17.9 Å². The van der Waals surface area contributed by atoms with Gasteiger partial charge < -0.3 is 14.7 Å². The minimum absolute atomic E-state index is 0.0952. The first-order valence-corrected chi connectivity index (χ1v) is 5.50. The second-order valence-electron chi connectivity index (χ2n) is 4.06. The molecular formula is C13H16N2O3. The maximum Gasteiger partial charge on any atom is 0.335 e. The summed E-state index contributed by atoms with van der Waals surface area (Å²) < 4.78 is 5.06. The Kier molecular flexibility index (Phi) is 4.69. The minimum Gasteiger partial charge on any atom is -0.478 e. The molecule has 1 aromatic carbocycles. The average Bonchev–Trinajstić information content (AvgIpc) is 2.37. The molecule has 5 heteroatoms. The molecule has 0 aliphatic heterocycles. The number of aromatic carboxylic acids is 1. The van der Waals surface area contributed by atoms with Crippen molar-refractivity contribution in [1.82, 2.24) is 0 Å². The average molecular weight is 248 g/mol. The molecule has 0 amide bonds. The van der Waals surface area contributed by atoms with E-state index in [1.165, 1.54) is 12.1 Å². The normalized spacial score (nSPS) is 11.7. The molecule has 0 spiro atoms. The van der Waals surface area contributed by atoms with Crippen LogP contribution in [0.5, 0.6) is 0 Å². The first-order valence-electron chi connectivity index (χ1n) is 5.50. The van der Waals surface area contributed by atoms with Gasteiger partial charge in [0.1, 0.15) is 6.07 Å². The lowest BCUT2D eigenvalue weighted by atomic mass is 10.1. The lowest BCUT2D eigenvalue weighted by Gasteiger charge is -2.27. The van der Waals surface area contributed by atoms with Crippen molar-refractivity contribution in [3.05, 3.63) is 29.3 Å². The van der Waals surface area contributed by atoms with Crippen LogP contribution >= 0.6 is 0 Å². The van der Waals surface area contributed by atoms with Gasteiger partial charge in [-0.1, -0.05) is 0 Å². The lowest BCUT2D eigenvalue weighted by Crippen LogP contribution is -2.33. The van der Waals surface area contributed by atoms with E-state index in [1.807, 2.05) is 24.9 Å². The largest absolute Gasteiger partial charge is 0.478 e. The lowest BCUT2D eigenvalue weighted by molar-refractivity contribution is 0.0697. The zero-order chi connectivity index (χ0) is 13.7. The molecule has 0 radical (unpaired) electrons. The molecule has 0 aromatic heterocycles. The molecule has 0 saturated heterocycles. The van der Waals surface area contributed by atoms with Gasteiger partial charge in [0, 0.05) is 20.2 Å². The Hall–Kier alpha value is -2.06. The number of nitrogens with zero attached hydrogens (tertiary/aromatic N) is 2. The van der Waals surface area contributed by atoms with Crippen LogP contribution in [0.1, 0.15) is 22.8 Å². The Morgan fingerprint density at radius 1 is 1.61 bits per heavy atom. The van der Waals surface area contributed by atoms with Crippen molar-refractivity contribution < 1.29 is 14.6 Å². The summed E-state index contributed by atoms with van der Waals surface area (Å²) >= 11 is 0. The smallest absolute Gasteiger partial charge is 0.335 e. The number of carbonyl (C=O) groups is 1. The van der Waals surface area contributed by atoms with Crippen molar-refractivity contribution in [3.63, 3.8) is 0 Å². The molecule has 0 heterocycles. The molecule has 18 heavy (non-hydrogen) atoms. The van der Waals surface area contributed by atoms with Crippen LogP contribution in [-0.4, -0.2) is 37.9 Å². The number of rotatable bonds is 5. The van der Waals surface area contributed by atoms with Gasteiger partial charge in [-0.25, -0.2) is 4.79 Å². The van der Waals surface area contributed by atoms with Crippen LogP contribution in [-0.2, 0) is 4.74 Å². The molecule has 5 nitrogen and oxygen atoms in total. The van der Waals surface area contributed by atoms with Crippen LogP contribution in [0.25, 0.3) is 0 Å². The van der Waals surface area contributed by atoms with Gasteiger partial charge in [-0.3, -0.25) is 0 Å². The molecule has 0 fully saturated rings. The molecule has 0 aliphatic carbocycles. The van der Waals surface area contributed by atoms with Crippen LogP contribution in [0, 0.1) is 11.3 Å². The van der Waals surface area contributed by atoms with E-state index in [4.69, 9.17) is 15.1 Å². The number of methoxy groups -OCH3 is 1. The number of carboxylic acids is 1. The Morgan fingerprint density at radius 3 is 2.78 bits per heavy atom. The first-order chi connectivity index (χ1) is 8.51. The summed E-state index contributed by atoms with van der Waals surface area (Å²) in [5.74, 6) is -1.04. The van der Waals surface area contributed by atoms with E-state index < -0.39 is 5.97 Å². The van der Waals surface area contributed by atoms with E-state index >= 15 is 0 Å². The fourth-order valence-corrected chi connectivity index (χ4v) is 1.66. The molecule has 1 aromatic rings. The highest BCUT2D eigenvalue weighted by Crippen LogP contribution is 2.22. The van der Waals surface area contributed by atoms with Gasteiger partial charge in [-0.15, -0.1) is 0 Å². The summed E-state index contributed by atoms with van der Waals surface area (Å²) in [5.41, 5.74) is 1.16. The quantitative estimate of drug-likeness (QED) is 0.859. The predicted octanol–water partition coefficient (Wildman–Crippen LogP) is 1.73. The molecule has 1 atom stereocenters. The topological polar surface area (TPSA) is 73.6 Å². The maximum atomic E-state index is 10.8. The molecule has 0 aliphatic rings. The standard InChI is InChI=1S/C13H16N2O3/c1-9(8-18-3)15(2)12-5-4-10(13(16)17)6-11(12)7-14/h4-6,9H,8H2,1-3H3,(H,16,17). The Balaban J connectivity index is 3.10. The van der Waals surface area contributed by atoms with E-state index in [2.05, 4.69) is 0 Å². The Bertz CT molecular complexity index is 480. The van der Waals surface area contributed by atoms with Gasteiger partial charge in [0.2, 0.25) is 0 Å². The van der Waals surface area contributed by atoms with Crippen molar-refractivity contribution in [3.8, 4) is 6.07 Å². The van der Waals surface area contributed by atoms with Gasteiger partial charge in [0.05, 0.1) is 23.4 Å². The highest BCUT2D eigenvalue weighted by atomic mass is 16.5. The number of carboxylic acid groups (broad SMARTS) is 1. The third kappa shape index (κ3) is 2.99. The number of nitriles is 1. The number of ether oxygens (including phenoxy) is 1. The molecule has 1 rings (SSSR count). The van der Waals surface area contributed by atoms with Crippen LogP contribution in [0.2, 0.25) is 0 Å². The highest BCUT2D eigenvalue weighted by molar-refractivity contribution is 5.89. The van der Waals surface area contributed by atoms with Crippen LogP contribution in [0.4, 0.5) is 5.69 Å². The monoisotopic (exact) mass is 248 g/mol. The van der Waals surface area contributed by atoms with Gasteiger partial charge in [0.15, 0.2) is 0 Å². The summed E-state index contributed by atoms with van der Waals surface area (Å²) in [7, 11) is 3.46. The number of benzene rings is 1. The van der Waals surface area contributed by atoms with Gasteiger partial charge in [-0.05, 0) is 25.1 Å². The third-order valence-electron chi connectivity index (χ3n) is 2.81. The van der Waals surface area contributed by atoms with Crippen molar-refractivity contribution >= 4 is 11.7 Å². The van der Waals surface area contributed by atoms with Crippen molar-refractivity contribution in [2.45, 2.75) is 13.0 Å². The molecule has 1 unspecified atom stereocenters. The number of hydrogen-bond donors (Lipinski definition) is 1. The van der Waals surface area contributed by atoms with Gasteiger partial charge >= 0.3 is 5.97 Å². The summed E-state index contributed by atoms with van der Waals surface area (Å²) in [6, 6.07) is 6.64. The number of hydrogen-bond acceptors (Lipinski definition) is 4. The third-order valence-corrected chi connectivity index (χ3v) is 2.81. The van der Waals surface area contributed by atoms with E-state index in [0.717, 1.165) is 0 Å². The molecule has 0 bridgehead atoms. The second kappa shape index (κ2) is 6.03. The number of likely N-dealkylation sites (N-methyl/N-ethyl adjacent to an activating group) is 1. The molecule has 1 N–H and O–H groups in total. The van der Waals surface area contributed by atoms with E-state index in [1.54, 1.807) is 13.2 Å². The van der Waals surface area contributed by atoms with E-state index in [-0.39, 0.29) is 11.6 Å². The zero-order valence-electron chi connectivity index (χ0n) is 10.7. The van der Waals surface area contributed by atoms with Crippen LogP contribution < -0.4 is 4.90 Å². The summed E-state index contributed by atoms with van der Waals surface area (Å²) in [6.07, 6.45) is 0. The van der Waals surface area contributed by atoms with Crippen molar-refractivity contribution in [1.29, 1.82) is 5.26 Å². The highest BCUT2D eigenvalue weighted by Gasteiger charge is 2.15. The second-order valence-corrected chi connectivity index (χ2v) is 4.06. The molecule has 96 valence electrons. The van der Waals surface area contributed by atoms with Crippen LogP contribution in [0.15, 0.2) is 18.2 Å². The summed E-state index contributed by atoms with van der Waals surface area (Å²) in [6.45, 7) is 2.50. The van der Waals surface area contributed by atoms with Crippen molar-refractivity contribution in [2.75, 3.05) is 25.7 Å². The van der Waals surface area contributed by atoms with E-state index in [9.17, 15) is 4.79 Å². The SMILES string of the molecule is COCC(C)N(C)c1ccc(C(=O)O)cc1C#N. The Labute approximate surface area is 106 Å². The van der Waals surface area contributed by atoms with Crippen LogP contribution in [0.3, 0.4) is 0 Å². The predicted molar refractivity (Wildman–Crippen MR) is 67.9 cm³/mol. The fourth-order valence-electron chi connectivity index (χ4n) is 1.66. The number of anilines is 1. The minimum atomic E-state index is -1.04. The Morgan fingerprint density at radius 2 is 2.28 bits per heavy atom. The molecule has 0 saturated carbocycles. The van der Waals surface area contributed by atoms with Gasteiger partial charge in [-0.2, -0.15) is 5.26 Å². The zero-order valence-corrected chi connectivity index (χ0v) is 10.7. The fraction of sp³-hybridized carbons (Fsp3) is 0.385. The summed E-state index contributed by atoms with van der Waals surface area (Å²) in [5, 5.41) is 18.0. The maximum absolute atomic E-state index is 10.8. The summed E-state index contributed by atoms with van der Waals surface area (Å²) in [4.78, 5) is 12.7. The molecular weight excluding hydrogens is 232 g/mol. The first kappa shape index (κ1) is 14.0. The van der Waals surface area contributed by atoms with Crippen molar-refractivity contribution in [2.24, 2.45) is 0 Å².